The van der Waals surface area contributed by atoms with E-state index in [0.29, 0.717) is 5.82 Å². The molecule has 0 bridgehead atoms. The fourth-order valence-electron chi connectivity index (χ4n) is 4.41. The minimum atomic E-state index is 0. The first-order valence-corrected chi connectivity index (χ1v) is 11.5. The second kappa shape index (κ2) is 11.5. The summed E-state index contributed by atoms with van der Waals surface area (Å²) in [6, 6.07) is 8.77. The van der Waals surface area contributed by atoms with E-state index in [9.17, 15) is 0 Å². The van der Waals surface area contributed by atoms with Crippen LogP contribution in [0.15, 0.2) is 35.0 Å². The number of aromatic nitrogens is 3. The number of rotatable bonds is 11. The van der Waals surface area contributed by atoms with Crippen LogP contribution in [-0.2, 0) is 6.54 Å². The molecule has 3 aromatic rings. The van der Waals surface area contributed by atoms with Crippen LogP contribution in [0, 0.1) is 0 Å². The molecule has 1 unspecified atom stereocenters. The molecule has 3 heterocycles. The lowest BCUT2D eigenvalue weighted by molar-refractivity contribution is 0.345. The fraction of sp³-hybridized carbons (Fsp3) is 0.583. The van der Waals surface area contributed by atoms with Crippen molar-refractivity contribution in [3.63, 3.8) is 0 Å². The summed E-state index contributed by atoms with van der Waals surface area (Å²) in [5.74, 6) is 1.43. The molecule has 0 amide bonds. The molecule has 5 nitrogen and oxygen atoms in total. The quantitative estimate of drug-likeness (QED) is 0.345. The zero-order valence-electron chi connectivity index (χ0n) is 18.1. The van der Waals surface area contributed by atoms with Crippen molar-refractivity contribution in [1.82, 2.24) is 20.0 Å². The van der Waals surface area contributed by atoms with Crippen molar-refractivity contribution >= 4 is 23.3 Å². The molecule has 1 aliphatic heterocycles. The molecular formula is C24H35ClN4O. The average Bonchev–Trinajstić information content (AvgIpc) is 3.49. The summed E-state index contributed by atoms with van der Waals surface area (Å²) < 4.78 is 7.95. The van der Waals surface area contributed by atoms with Crippen LogP contribution >= 0.6 is 12.4 Å². The Morgan fingerprint density at radius 1 is 1.07 bits per heavy atom. The van der Waals surface area contributed by atoms with Crippen molar-refractivity contribution in [3.8, 4) is 11.4 Å². The first-order chi connectivity index (χ1) is 14.4. The van der Waals surface area contributed by atoms with E-state index in [1.807, 2.05) is 0 Å². The predicted octanol–water partition coefficient (Wildman–Crippen LogP) is 6.68. The summed E-state index contributed by atoms with van der Waals surface area (Å²) in [5.41, 5.74) is 2.34. The number of fused-ring (bicyclic) bond motifs is 1. The zero-order chi connectivity index (χ0) is 19.9. The number of hydrogen-bond donors (Lipinski definition) is 1. The Balaban J connectivity index is 0.00000256. The van der Waals surface area contributed by atoms with Crippen LogP contribution in [0.2, 0.25) is 0 Å². The van der Waals surface area contributed by atoms with Gasteiger partial charge in [0.25, 0.3) is 0 Å². The summed E-state index contributed by atoms with van der Waals surface area (Å²) in [6.07, 6.45) is 15.2. The zero-order valence-corrected chi connectivity index (χ0v) is 18.9. The summed E-state index contributed by atoms with van der Waals surface area (Å²) in [4.78, 5) is 4.72. The maximum atomic E-state index is 5.58. The molecule has 4 rings (SSSR count). The summed E-state index contributed by atoms with van der Waals surface area (Å²) in [5, 5.41) is 8.94. The molecule has 2 aromatic heterocycles. The molecule has 30 heavy (non-hydrogen) atoms. The molecular weight excluding hydrogens is 396 g/mol. The maximum Gasteiger partial charge on any atom is 0.244 e. The number of benzene rings is 1. The van der Waals surface area contributed by atoms with E-state index in [0.717, 1.165) is 31.0 Å². The van der Waals surface area contributed by atoms with Crippen LogP contribution in [0.3, 0.4) is 0 Å². The van der Waals surface area contributed by atoms with Crippen molar-refractivity contribution in [1.29, 1.82) is 0 Å². The van der Waals surface area contributed by atoms with Crippen molar-refractivity contribution in [3.05, 3.63) is 36.4 Å². The lowest BCUT2D eigenvalue weighted by Crippen LogP contribution is -2.12. The highest BCUT2D eigenvalue weighted by molar-refractivity contribution is 5.94. The van der Waals surface area contributed by atoms with Crippen molar-refractivity contribution in [2.24, 2.45) is 0 Å². The van der Waals surface area contributed by atoms with E-state index in [1.165, 1.54) is 68.7 Å². The van der Waals surface area contributed by atoms with Gasteiger partial charge in [-0.15, -0.1) is 12.4 Å². The Morgan fingerprint density at radius 2 is 1.83 bits per heavy atom. The molecule has 1 N–H and O–H groups in total. The number of unbranched alkanes of at least 4 members (excludes halogenated alkanes) is 7. The third-order valence-corrected chi connectivity index (χ3v) is 6.08. The SMILES string of the molecule is CCCCCCCCCCn1cc(-c2noc(C3CCCN3)n2)c2ccccc21.Cl. The molecule has 6 heteroatoms. The Kier molecular flexibility index (Phi) is 8.76. The lowest BCUT2D eigenvalue weighted by atomic mass is 10.1. The first-order valence-electron chi connectivity index (χ1n) is 11.5. The number of halogens is 1. The molecule has 1 saturated heterocycles. The van der Waals surface area contributed by atoms with Crippen LogP contribution in [0.25, 0.3) is 22.3 Å². The Labute approximate surface area is 186 Å². The molecule has 0 saturated carbocycles. The van der Waals surface area contributed by atoms with E-state index in [-0.39, 0.29) is 18.4 Å². The van der Waals surface area contributed by atoms with Gasteiger partial charge in [0.2, 0.25) is 11.7 Å². The largest absolute Gasteiger partial charge is 0.347 e. The highest BCUT2D eigenvalue weighted by Gasteiger charge is 2.23. The third-order valence-electron chi connectivity index (χ3n) is 6.08. The van der Waals surface area contributed by atoms with E-state index >= 15 is 0 Å². The van der Waals surface area contributed by atoms with Crippen LogP contribution in [0.5, 0.6) is 0 Å². The number of nitrogens with zero attached hydrogens (tertiary/aromatic N) is 3. The third kappa shape index (κ3) is 5.44. The minimum absolute atomic E-state index is 0. The van der Waals surface area contributed by atoms with Gasteiger partial charge in [-0.1, -0.05) is 75.2 Å². The van der Waals surface area contributed by atoms with Gasteiger partial charge >= 0.3 is 0 Å². The van der Waals surface area contributed by atoms with E-state index in [4.69, 9.17) is 9.51 Å². The fourth-order valence-corrected chi connectivity index (χ4v) is 4.41. The average molecular weight is 431 g/mol. The summed E-state index contributed by atoms with van der Waals surface area (Å²) in [6.45, 7) is 4.35. The Morgan fingerprint density at radius 3 is 2.60 bits per heavy atom. The van der Waals surface area contributed by atoms with Crippen molar-refractivity contribution in [2.75, 3.05) is 6.54 Å². The second-order valence-corrected chi connectivity index (χ2v) is 8.33. The second-order valence-electron chi connectivity index (χ2n) is 8.33. The summed E-state index contributed by atoms with van der Waals surface area (Å²) >= 11 is 0. The maximum absolute atomic E-state index is 5.58. The van der Waals surface area contributed by atoms with Crippen LogP contribution in [0.4, 0.5) is 0 Å². The number of nitrogens with one attached hydrogen (secondary N) is 1. The normalized spacial score (nSPS) is 16.2. The molecule has 0 spiro atoms. The van der Waals surface area contributed by atoms with Crippen molar-refractivity contribution < 1.29 is 4.52 Å². The van der Waals surface area contributed by atoms with Crippen LogP contribution < -0.4 is 5.32 Å². The van der Waals surface area contributed by atoms with Gasteiger partial charge in [-0.3, -0.25) is 0 Å². The Bertz CT molecular complexity index is 898. The minimum Gasteiger partial charge on any atom is -0.347 e. The van der Waals surface area contributed by atoms with Gasteiger partial charge < -0.3 is 14.4 Å². The Hall–Kier alpha value is -1.85. The van der Waals surface area contributed by atoms with E-state index in [1.54, 1.807) is 0 Å². The molecule has 0 aliphatic carbocycles. The van der Waals surface area contributed by atoms with Crippen LogP contribution in [-0.4, -0.2) is 21.3 Å². The van der Waals surface area contributed by atoms with Crippen molar-refractivity contribution in [2.45, 2.75) is 83.7 Å². The lowest BCUT2D eigenvalue weighted by Gasteiger charge is -2.05. The smallest absolute Gasteiger partial charge is 0.244 e. The molecule has 0 radical (unpaired) electrons. The number of aryl methyl sites for hydroxylation is 1. The molecule has 1 fully saturated rings. The van der Waals surface area contributed by atoms with Crippen LogP contribution in [0.1, 0.15) is 83.1 Å². The predicted molar refractivity (Wildman–Crippen MR) is 125 cm³/mol. The monoisotopic (exact) mass is 430 g/mol. The van der Waals surface area contributed by atoms with Gasteiger partial charge in [0.05, 0.1) is 6.04 Å². The molecule has 164 valence electrons. The van der Waals surface area contributed by atoms with Gasteiger partial charge in [-0.05, 0) is 31.9 Å². The van der Waals surface area contributed by atoms with Gasteiger partial charge in [-0.25, -0.2) is 0 Å². The first kappa shape index (κ1) is 22.8. The molecule has 1 aromatic carbocycles. The molecule has 1 atom stereocenters. The topological polar surface area (TPSA) is 55.9 Å². The summed E-state index contributed by atoms with van der Waals surface area (Å²) in [7, 11) is 0. The molecule has 1 aliphatic rings. The van der Waals surface area contributed by atoms with Gasteiger partial charge in [0.1, 0.15) is 0 Å². The van der Waals surface area contributed by atoms with E-state index < -0.39 is 0 Å². The van der Waals surface area contributed by atoms with Gasteiger partial charge in [0, 0.05) is 29.2 Å². The highest BCUT2D eigenvalue weighted by Crippen LogP contribution is 2.31. The van der Waals surface area contributed by atoms with Gasteiger partial charge in [-0.2, -0.15) is 4.98 Å². The number of para-hydroxylation sites is 1. The number of hydrogen-bond acceptors (Lipinski definition) is 4. The highest BCUT2D eigenvalue weighted by atomic mass is 35.5. The standard InChI is InChI=1S/C24H34N4O.ClH/c1-2-3-4-5-6-7-8-11-17-28-18-20(19-13-9-10-15-22(19)28)23-26-24(29-27-23)21-14-12-16-25-21;/h9-10,13,15,18,21,25H,2-8,11-12,14,16-17H2,1H3;1H. The van der Waals surface area contributed by atoms with Gasteiger partial charge in [0.15, 0.2) is 0 Å². The van der Waals surface area contributed by atoms with E-state index in [2.05, 4.69) is 52.4 Å².